The number of nitrogens with one attached hydrogen (secondary N) is 1. The maximum atomic E-state index is 14.2. The van der Waals surface area contributed by atoms with Crippen molar-refractivity contribution in [3.63, 3.8) is 0 Å². The van der Waals surface area contributed by atoms with Crippen molar-refractivity contribution in [1.82, 2.24) is 0 Å². The summed E-state index contributed by atoms with van der Waals surface area (Å²) in [6.45, 7) is 4.28. The zero-order valence-corrected chi connectivity index (χ0v) is 24.7. The van der Waals surface area contributed by atoms with Crippen molar-refractivity contribution in [3.8, 4) is 11.5 Å². The molecular weight excluding hydrogens is 532 g/mol. The van der Waals surface area contributed by atoms with Crippen molar-refractivity contribution < 1.29 is 14.3 Å². The van der Waals surface area contributed by atoms with Gasteiger partial charge in [-0.15, -0.1) is 0 Å². The Morgan fingerprint density at radius 2 is 1.44 bits per heavy atom. The number of hydrogen-bond acceptors (Lipinski definition) is 5. The molecule has 2 aliphatic rings. The van der Waals surface area contributed by atoms with E-state index in [4.69, 9.17) is 9.47 Å². The summed E-state index contributed by atoms with van der Waals surface area (Å²) in [5.41, 5.74) is 7.76. The minimum absolute atomic E-state index is 0.367. The summed E-state index contributed by atoms with van der Waals surface area (Å²) in [6.07, 6.45) is 3.39. The summed E-state index contributed by atoms with van der Waals surface area (Å²) in [7, 11) is 1.99. The van der Waals surface area contributed by atoms with Gasteiger partial charge in [-0.25, -0.2) is 4.79 Å². The number of esters is 1. The van der Waals surface area contributed by atoms with Crippen LogP contribution < -0.4 is 15.0 Å². The molecule has 5 heteroatoms. The Morgan fingerprint density at radius 1 is 0.791 bits per heavy atom. The highest BCUT2D eigenvalue weighted by atomic mass is 16.6. The molecule has 43 heavy (non-hydrogen) atoms. The monoisotopic (exact) mass is 566 g/mol. The molecule has 1 N–H and O–H groups in total. The van der Waals surface area contributed by atoms with Gasteiger partial charge in [0.25, 0.3) is 0 Å². The Morgan fingerprint density at radius 3 is 2.09 bits per heavy atom. The number of unbranched alkanes of at least 4 members (excludes halogenated alkanes) is 1. The predicted molar refractivity (Wildman–Crippen MR) is 172 cm³/mol. The van der Waals surface area contributed by atoms with Gasteiger partial charge in [-0.2, -0.15) is 0 Å². The van der Waals surface area contributed by atoms with Gasteiger partial charge in [0.1, 0.15) is 11.5 Å². The summed E-state index contributed by atoms with van der Waals surface area (Å²) in [5, 5.41) is 3.66. The van der Waals surface area contributed by atoms with E-state index in [1.807, 2.05) is 61.6 Å². The molecule has 0 unspecified atom stereocenters. The van der Waals surface area contributed by atoms with Crippen molar-refractivity contribution in [1.29, 1.82) is 0 Å². The number of carbonyl (C=O) groups excluding carboxylic acids is 1. The fraction of sp³-hybridized carbons (Fsp3) is 0.184. The molecule has 5 aromatic rings. The average molecular weight is 567 g/mol. The van der Waals surface area contributed by atoms with Crippen molar-refractivity contribution in [2.75, 3.05) is 17.3 Å². The van der Waals surface area contributed by atoms with E-state index in [0.717, 1.165) is 52.3 Å². The average Bonchev–Trinajstić information content (AvgIpc) is 3.34. The topological polar surface area (TPSA) is 50.8 Å². The number of nitrogens with zero attached hydrogens (tertiary/aromatic N) is 1. The standard InChI is InChI=1S/C38H34N2O3/c1-4-5-10-26-17-19-27(20-18-26)39-31-23-24-32(40(3)28-21-15-25(2)16-22-28)35-36(31)38(43-37(35)41)29-11-6-8-13-33(29)42-34-14-9-7-12-30(34)38/h6-9,11-24,39H,4-5,10H2,1-3H3. The molecule has 0 saturated carbocycles. The largest absolute Gasteiger partial charge is 0.456 e. The summed E-state index contributed by atoms with van der Waals surface area (Å²) >= 11 is 0. The number of benzene rings is 5. The van der Waals surface area contributed by atoms with Gasteiger partial charge in [0, 0.05) is 40.8 Å². The number of hydrogen-bond donors (Lipinski definition) is 1. The van der Waals surface area contributed by atoms with Gasteiger partial charge in [-0.1, -0.05) is 79.6 Å². The quantitative estimate of drug-likeness (QED) is 0.199. The van der Waals surface area contributed by atoms with E-state index in [1.54, 1.807) is 0 Å². The molecule has 0 aromatic heterocycles. The summed E-state index contributed by atoms with van der Waals surface area (Å²) < 4.78 is 13.0. The van der Waals surface area contributed by atoms with Crippen LogP contribution in [0.5, 0.6) is 11.5 Å². The Bertz CT molecular complexity index is 1780. The van der Waals surface area contributed by atoms with Gasteiger partial charge >= 0.3 is 5.97 Å². The van der Waals surface area contributed by atoms with Crippen molar-refractivity contribution >= 4 is 28.7 Å². The number of rotatable bonds is 7. The summed E-state index contributed by atoms with van der Waals surface area (Å²) in [4.78, 5) is 16.3. The van der Waals surface area contributed by atoms with Gasteiger partial charge in [0.2, 0.25) is 0 Å². The number of ether oxygens (including phenoxy) is 2. The number of aryl methyl sites for hydroxylation is 2. The van der Waals surface area contributed by atoms with Crippen molar-refractivity contribution in [3.05, 3.63) is 143 Å². The molecule has 0 aliphatic carbocycles. The smallest absolute Gasteiger partial charge is 0.342 e. The minimum Gasteiger partial charge on any atom is -0.456 e. The SMILES string of the molecule is CCCCc1ccc(Nc2ccc(N(C)c3ccc(C)cc3)c3c2C2(OC3=O)c3ccccc3Oc3ccccc32)cc1. The fourth-order valence-corrected chi connectivity index (χ4v) is 6.32. The van der Waals surface area contributed by atoms with Crippen LogP contribution in [-0.2, 0) is 16.8 Å². The van der Waals surface area contributed by atoms with E-state index in [-0.39, 0.29) is 5.97 Å². The van der Waals surface area contributed by atoms with Gasteiger partial charge in [0.15, 0.2) is 5.60 Å². The van der Waals surface area contributed by atoms with E-state index < -0.39 is 5.60 Å². The fourth-order valence-electron chi connectivity index (χ4n) is 6.32. The lowest BCUT2D eigenvalue weighted by Gasteiger charge is -2.37. The number of para-hydroxylation sites is 2. The van der Waals surface area contributed by atoms with Crippen LogP contribution in [0.2, 0.25) is 0 Å². The van der Waals surface area contributed by atoms with E-state index in [2.05, 4.69) is 78.7 Å². The summed E-state index contributed by atoms with van der Waals surface area (Å²) in [5.74, 6) is 0.977. The number of carbonyl (C=O) groups is 1. The summed E-state index contributed by atoms with van der Waals surface area (Å²) in [6, 6.07) is 36.6. The molecule has 2 aliphatic heterocycles. The van der Waals surface area contributed by atoms with Gasteiger partial charge in [-0.05, 0) is 73.9 Å². The van der Waals surface area contributed by atoms with Crippen LogP contribution in [-0.4, -0.2) is 13.0 Å². The molecule has 2 heterocycles. The van der Waals surface area contributed by atoms with Crippen LogP contribution >= 0.6 is 0 Å². The highest BCUT2D eigenvalue weighted by Crippen LogP contribution is 2.59. The molecule has 0 fully saturated rings. The van der Waals surface area contributed by atoms with Crippen LogP contribution in [0, 0.1) is 6.92 Å². The maximum absolute atomic E-state index is 14.2. The Kier molecular flexibility index (Phi) is 6.66. The van der Waals surface area contributed by atoms with Gasteiger partial charge < -0.3 is 19.7 Å². The number of fused-ring (bicyclic) bond motifs is 6. The first-order chi connectivity index (χ1) is 21.0. The zero-order valence-electron chi connectivity index (χ0n) is 24.7. The second-order valence-corrected chi connectivity index (χ2v) is 11.4. The van der Waals surface area contributed by atoms with E-state index in [0.29, 0.717) is 17.1 Å². The predicted octanol–water partition coefficient (Wildman–Crippen LogP) is 9.42. The molecule has 0 radical (unpaired) electrons. The molecule has 0 saturated heterocycles. The zero-order chi connectivity index (χ0) is 29.6. The first kappa shape index (κ1) is 26.8. The van der Waals surface area contributed by atoms with Crippen LogP contribution in [0.15, 0.2) is 109 Å². The molecule has 5 nitrogen and oxygen atoms in total. The van der Waals surface area contributed by atoms with Crippen molar-refractivity contribution in [2.45, 2.75) is 38.7 Å². The highest BCUT2D eigenvalue weighted by Gasteiger charge is 2.55. The molecule has 0 amide bonds. The molecule has 5 aromatic carbocycles. The Hall–Kier alpha value is -5.03. The first-order valence-corrected chi connectivity index (χ1v) is 14.9. The van der Waals surface area contributed by atoms with E-state index >= 15 is 0 Å². The number of anilines is 4. The van der Waals surface area contributed by atoms with Crippen LogP contribution in [0.25, 0.3) is 0 Å². The lowest BCUT2D eigenvalue weighted by atomic mass is 9.76. The third kappa shape index (κ3) is 4.43. The van der Waals surface area contributed by atoms with Gasteiger partial charge in [0.05, 0.1) is 11.3 Å². The third-order valence-corrected chi connectivity index (χ3v) is 8.57. The maximum Gasteiger partial charge on any atom is 0.342 e. The minimum atomic E-state index is -1.19. The molecule has 0 atom stereocenters. The van der Waals surface area contributed by atoms with E-state index in [1.165, 1.54) is 17.5 Å². The molecule has 7 rings (SSSR count). The lowest BCUT2D eigenvalue weighted by Crippen LogP contribution is -2.33. The lowest BCUT2D eigenvalue weighted by molar-refractivity contribution is 0.0226. The second kappa shape index (κ2) is 10.7. The first-order valence-electron chi connectivity index (χ1n) is 14.9. The molecule has 0 bridgehead atoms. The molecule has 1 spiro atoms. The Labute approximate surface area is 252 Å². The van der Waals surface area contributed by atoms with Crippen LogP contribution in [0.4, 0.5) is 22.7 Å². The van der Waals surface area contributed by atoms with Gasteiger partial charge in [-0.3, -0.25) is 0 Å². The third-order valence-electron chi connectivity index (χ3n) is 8.57. The molecule has 214 valence electrons. The molecular formula is C38H34N2O3. The normalized spacial score (nSPS) is 13.9. The van der Waals surface area contributed by atoms with Crippen molar-refractivity contribution in [2.24, 2.45) is 0 Å². The van der Waals surface area contributed by atoms with Crippen LogP contribution in [0.3, 0.4) is 0 Å². The second-order valence-electron chi connectivity index (χ2n) is 11.4. The highest BCUT2D eigenvalue weighted by molar-refractivity contribution is 6.05. The van der Waals surface area contributed by atoms with Crippen LogP contribution in [0.1, 0.15) is 57.9 Å². The van der Waals surface area contributed by atoms with E-state index in [9.17, 15) is 4.79 Å². The Balaban J connectivity index is 1.45.